The maximum atomic E-state index is 5.76. The molecule has 0 spiro atoms. The minimum absolute atomic E-state index is 0.155. The third kappa shape index (κ3) is 2.85. The van der Waals surface area contributed by atoms with Crippen LogP contribution in [0, 0.1) is 0 Å². The van der Waals surface area contributed by atoms with E-state index in [-0.39, 0.29) is 5.60 Å². The highest BCUT2D eigenvalue weighted by molar-refractivity contribution is 5.20. The molecule has 0 N–H and O–H groups in total. The summed E-state index contributed by atoms with van der Waals surface area (Å²) in [5.41, 5.74) is 1.08. The van der Waals surface area contributed by atoms with Gasteiger partial charge in [-0.15, -0.1) is 0 Å². The molecule has 0 aliphatic carbocycles. The van der Waals surface area contributed by atoms with Crippen LogP contribution in [0.5, 0.6) is 0 Å². The summed E-state index contributed by atoms with van der Waals surface area (Å²) in [5.74, 6) is 0. The standard InChI is InChI=1S/C12H18O/c1-4-10-13-12(2,3)11-8-6-5-7-9-11/h5-9H,4,10H2,1-3H3. The van der Waals surface area contributed by atoms with Gasteiger partial charge in [0, 0.05) is 6.61 Å². The van der Waals surface area contributed by atoms with Gasteiger partial charge < -0.3 is 4.74 Å². The monoisotopic (exact) mass is 178 g/mol. The molecule has 0 aliphatic heterocycles. The van der Waals surface area contributed by atoms with Gasteiger partial charge in [0.05, 0.1) is 5.60 Å². The lowest BCUT2D eigenvalue weighted by atomic mass is 9.98. The van der Waals surface area contributed by atoms with Gasteiger partial charge in [-0.25, -0.2) is 0 Å². The largest absolute Gasteiger partial charge is 0.371 e. The van der Waals surface area contributed by atoms with Gasteiger partial charge in [-0.05, 0) is 25.8 Å². The van der Waals surface area contributed by atoms with Gasteiger partial charge in [-0.2, -0.15) is 0 Å². The molecule has 0 aromatic heterocycles. The number of benzene rings is 1. The molecule has 1 heteroatoms. The fourth-order valence-corrected chi connectivity index (χ4v) is 1.28. The van der Waals surface area contributed by atoms with Crippen molar-refractivity contribution >= 4 is 0 Å². The summed E-state index contributed by atoms with van der Waals surface area (Å²) in [7, 11) is 0. The van der Waals surface area contributed by atoms with Crippen LogP contribution < -0.4 is 0 Å². The summed E-state index contributed by atoms with van der Waals surface area (Å²) in [5, 5.41) is 0. The first kappa shape index (κ1) is 10.3. The van der Waals surface area contributed by atoms with Crippen LogP contribution >= 0.6 is 0 Å². The fourth-order valence-electron chi connectivity index (χ4n) is 1.28. The van der Waals surface area contributed by atoms with E-state index in [4.69, 9.17) is 4.74 Å². The van der Waals surface area contributed by atoms with Gasteiger partial charge in [0.1, 0.15) is 0 Å². The summed E-state index contributed by atoms with van der Waals surface area (Å²) in [6, 6.07) is 10.3. The van der Waals surface area contributed by atoms with Crippen LogP contribution in [0.25, 0.3) is 0 Å². The number of rotatable bonds is 4. The lowest BCUT2D eigenvalue weighted by Gasteiger charge is -2.25. The molecule has 0 unspecified atom stereocenters. The second-order valence-corrected chi connectivity index (χ2v) is 3.72. The van der Waals surface area contributed by atoms with Crippen LogP contribution in [-0.4, -0.2) is 6.61 Å². The van der Waals surface area contributed by atoms with E-state index in [9.17, 15) is 0 Å². The number of hydrogen-bond acceptors (Lipinski definition) is 1. The predicted molar refractivity (Wildman–Crippen MR) is 55.7 cm³/mol. The van der Waals surface area contributed by atoms with E-state index in [0.29, 0.717) is 0 Å². The number of ether oxygens (including phenoxy) is 1. The molecular weight excluding hydrogens is 160 g/mol. The minimum atomic E-state index is -0.155. The van der Waals surface area contributed by atoms with Gasteiger partial charge in [0.2, 0.25) is 0 Å². The highest BCUT2D eigenvalue weighted by Gasteiger charge is 2.19. The molecule has 0 saturated heterocycles. The van der Waals surface area contributed by atoms with Crippen molar-refractivity contribution in [3.05, 3.63) is 35.9 Å². The smallest absolute Gasteiger partial charge is 0.0875 e. The fraction of sp³-hybridized carbons (Fsp3) is 0.500. The van der Waals surface area contributed by atoms with E-state index in [1.165, 1.54) is 5.56 Å². The molecule has 0 bridgehead atoms. The molecule has 0 amide bonds. The van der Waals surface area contributed by atoms with Gasteiger partial charge in [0.25, 0.3) is 0 Å². The Morgan fingerprint density at radius 1 is 1.15 bits per heavy atom. The topological polar surface area (TPSA) is 9.23 Å². The summed E-state index contributed by atoms with van der Waals surface area (Å²) < 4.78 is 5.76. The van der Waals surface area contributed by atoms with Crippen LogP contribution in [0.2, 0.25) is 0 Å². The average Bonchev–Trinajstić information content (AvgIpc) is 2.16. The summed E-state index contributed by atoms with van der Waals surface area (Å²) >= 11 is 0. The molecule has 0 atom stereocenters. The Labute approximate surface area is 80.7 Å². The third-order valence-corrected chi connectivity index (χ3v) is 2.14. The first-order chi connectivity index (χ1) is 6.17. The Hall–Kier alpha value is -0.820. The number of hydrogen-bond donors (Lipinski definition) is 0. The van der Waals surface area contributed by atoms with E-state index in [1.54, 1.807) is 0 Å². The SMILES string of the molecule is CCCOC(C)(C)c1ccccc1. The van der Waals surface area contributed by atoms with Crippen molar-refractivity contribution in [1.29, 1.82) is 0 Å². The Bertz CT molecular complexity index is 239. The molecule has 1 rings (SSSR count). The van der Waals surface area contributed by atoms with Crippen LogP contribution in [0.3, 0.4) is 0 Å². The molecule has 1 nitrogen and oxygen atoms in total. The maximum absolute atomic E-state index is 5.76. The molecule has 0 heterocycles. The van der Waals surface area contributed by atoms with Crippen molar-refractivity contribution in [2.75, 3.05) is 6.61 Å². The molecule has 0 saturated carbocycles. The Balaban J connectivity index is 2.69. The first-order valence-electron chi connectivity index (χ1n) is 4.86. The molecule has 0 radical (unpaired) electrons. The van der Waals surface area contributed by atoms with Crippen molar-refractivity contribution < 1.29 is 4.74 Å². The second kappa shape index (κ2) is 4.43. The lowest BCUT2D eigenvalue weighted by Crippen LogP contribution is -2.21. The predicted octanol–water partition coefficient (Wildman–Crippen LogP) is 3.35. The maximum Gasteiger partial charge on any atom is 0.0875 e. The van der Waals surface area contributed by atoms with Gasteiger partial charge in [0.15, 0.2) is 0 Å². The molecular formula is C12H18O. The van der Waals surface area contributed by atoms with E-state index in [2.05, 4.69) is 32.9 Å². The van der Waals surface area contributed by atoms with Crippen LogP contribution in [-0.2, 0) is 10.3 Å². The van der Waals surface area contributed by atoms with Crippen molar-refractivity contribution in [2.24, 2.45) is 0 Å². The quantitative estimate of drug-likeness (QED) is 0.687. The van der Waals surface area contributed by atoms with E-state index < -0.39 is 0 Å². The van der Waals surface area contributed by atoms with E-state index in [1.807, 2.05) is 18.2 Å². The van der Waals surface area contributed by atoms with E-state index in [0.717, 1.165) is 13.0 Å². The van der Waals surface area contributed by atoms with Gasteiger partial charge in [-0.1, -0.05) is 37.3 Å². The van der Waals surface area contributed by atoms with Crippen molar-refractivity contribution in [3.63, 3.8) is 0 Å². The zero-order valence-corrected chi connectivity index (χ0v) is 8.71. The molecule has 1 aromatic rings. The Morgan fingerprint density at radius 3 is 2.31 bits per heavy atom. The zero-order chi connectivity index (χ0) is 9.73. The summed E-state index contributed by atoms with van der Waals surface area (Å²) in [4.78, 5) is 0. The molecule has 72 valence electrons. The summed E-state index contributed by atoms with van der Waals surface area (Å²) in [6.45, 7) is 7.17. The van der Waals surface area contributed by atoms with Crippen molar-refractivity contribution in [1.82, 2.24) is 0 Å². The van der Waals surface area contributed by atoms with Crippen molar-refractivity contribution in [3.8, 4) is 0 Å². The normalized spacial score (nSPS) is 11.6. The van der Waals surface area contributed by atoms with Gasteiger partial charge >= 0.3 is 0 Å². The van der Waals surface area contributed by atoms with Crippen LogP contribution in [0.4, 0.5) is 0 Å². The first-order valence-corrected chi connectivity index (χ1v) is 4.86. The molecule has 0 aliphatic rings. The average molecular weight is 178 g/mol. The minimum Gasteiger partial charge on any atom is -0.371 e. The molecule has 0 fully saturated rings. The van der Waals surface area contributed by atoms with Gasteiger partial charge in [-0.3, -0.25) is 0 Å². The summed E-state index contributed by atoms with van der Waals surface area (Å²) in [6.07, 6.45) is 1.07. The van der Waals surface area contributed by atoms with Crippen LogP contribution in [0.1, 0.15) is 32.8 Å². The lowest BCUT2D eigenvalue weighted by molar-refractivity contribution is -0.0212. The highest BCUT2D eigenvalue weighted by Crippen LogP contribution is 2.24. The Morgan fingerprint density at radius 2 is 1.77 bits per heavy atom. The Kier molecular flexibility index (Phi) is 3.49. The zero-order valence-electron chi connectivity index (χ0n) is 8.71. The molecule has 1 aromatic carbocycles. The van der Waals surface area contributed by atoms with Crippen LogP contribution in [0.15, 0.2) is 30.3 Å². The highest BCUT2D eigenvalue weighted by atomic mass is 16.5. The molecule has 13 heavy (non-hydrogen) atoms. The second-order valence-electron chi connectivity index (χ2n) is 3.72. The van der Waals surface area contributed by atoms with E-state index >= 15 is 0 Å². The van der Waals surface area contributed by atoms with Crippen molar-refractivity contribution in [2.45, 2.75) is 32.8 Å². The third-order valence-electron chi connectivity index (χ3n) is 2.14.